The highest BCUT2D eigenvalue weighted by atomic mass is 16.2. The van der Waals surface area contributed by atoms with Gasteiger partial charge in [0.15, 0.2) is 0 Å². The van der Waals surface area contributed by atoms with E-state index in [9.17, 15) is 4.79 Å². The maximum absolute atomic E-state index is 12.0. The molecule has 0 fully saturated rings. The van der Waals surface area contributed by atoms with E-state index in [-0.39, 0.29) is 11.4 Å². The summed E-state index contributed by atoms with van der Waals surface area (Å²) in [5, 5.41) is 0. The number of nitrogens with two attached hydrogens (primary N) is 1. The van der Waals surface area contributed by atoms with Gasteiger partial charge in [-0.1, -0.05) is 18.2 Å². The van der Waals surface area contributed by atoms with Crippen molar-refractivity contribution in [1.29, 1.82) is 0 Å². The maximum atomic E-state index is 12.0. The summed E-state index contributed by atoms with van der Waals surface area (Å²) in [7, 11) is 1.81. The summed E-state index contributed by atoms with van der Waals surface area (Å²) < 4.78 is 0. The number of aryl methyl sites for hydroxylation is 1. The predicted molar refractivity (Wildman–Crippen MR) is 72.1 cm³/mol. The molecule has 0 saturated carbocycles. The van der Waals surface area contributed by atoms with Crippen molar-refractivity contribution in [2.24, 2.45) is 5.73 Å². The predicted octanol–water partition coefficient (Wildman–Crippen LogP) is 2.48. The molecule has 17 heavy (non-hydrogen) atoms. The fourth-order valence-electron chi connectivity index (χ4n) is 1.67. The minimum atomic E-state index is -0.289. The van der Waals surface area contributed by atoms with E-state index in [0.717, 1.165) is 11.3 Å². The lowest BCUT2D eigenvalue weighted by molar-refractivity contribution is -0.118. The van der Waals surface area contributed by atoms with Gasteiger partial charge in [0, 0.05) is 24.7 Å². The molecule has 0 aliphatic rings. The van der Waals surface area contributed by atoms with Crippen LogP contribution in [0.1, 0.15) is 32.3 Å². The van der Waals surface area contributed by atoms with Crippen molar-refractivity contribution in [2.75, 3.05) is 11.9 Å². The monoisotopic (exact) mass is 234 g/mol. The van der Waals surface area contributed by atoms with E-state index in [0.29, 0.717) is 12.8 Å². The van der Waals surface area contributed by atoms with Gasteiger partial charge in [0.1, 0.15) is 0 Å². The smallest absolute Gasteiger partial charge is 0.226 e. The average Bonchev–Trinajstić information content (AvgIpc) is 2.24. The molecule has 94 valence electrons. The first-order valence-corrected chi connectivity index (χ1v) is 5.92. The van der Waals surface area contributed by atoms with Crippen LogP contribution in [-0.2, 0) is 4.79 Å². The zero-order valence-corrected chi connectivity index (χ0v) is 11.2. The summed E-state index contributed by atoms with van der Waals surface area (Å²) in [5.41, 5.74) is 7.66. The lowest BCUT2D eigenvalue weighted by atomic mass is 9.99. The molecule has 1 aromatic carbocycles. The highest BCUT2D eigenvalue weighted by molar-refractivity contribution is 5.93. The number of carbonyl (C=O) groups excluding carboxylic acids is 1. The minimum absolute atomic E-state index is 0.109. The van der Waals surface area contributed by atoms with E-state index in [1.807, 2.05) is 52.1 Å². The Morgan fingerprint density at radius 1 is 1.35 bits per heavy atom. The number of carbonyl (C=O) groups is 1. The molecular weight excluding hydrogens is 212 g/mol. The summed E-state index contributed by atoms with van der Waals surface area (Å²) in [4.78, 5) is 13.7. The standard InChI is InChI=1S/C14H22N2O/c1-11-7-5-6-8-12(11)16(4)13(17)9-10-14(2,3)15/h5-8H,9-10,15H2,1-4H3. The second-order valence-electron chi connectivity index (χ2n) is 5.23. The van der Waals surface area contributed by atoms with Crippen molar-refractivity contribution < 1.29 is 4.79 Å². The normalized spacial score (nSPS) is 11.4. The Kier molecular flexibility index (Phi) is 4.29. The van der Waals surface area contributed by atoms with E-state index in [4.69, 9.17) is 5.73 Å². The highest BCUT2D eigenvalue weighted by Gasteiger charge is 2.17. The molecule has 0 aliphatic heterocycles. The molecule has 1 aromatic rings. The van der Waals surface area contributed by atoms with Crippen LogP contribution in [-0.4, -0.2) is 18.5 Å². The van der Waals surface area contributed by atoms with Crippen molar-refractivity contribution in [3.8, 4) is 0 Å². The third kappa shape index (κ3) is 4.19. The molecule has 0 radical (unpaired) electrons. The molecule has 0 heterocycles. The van der Waals surface area contributed by atoms with Gasteiger partial charge in [0.05, 0.1) is 0 Å². The highest BCUT2D eigenvalue weighted by Crippen LogP contribution is 2.19. The van der Waals surface area contributed by atoms with E-state index in [1.165, 1.54) is 0 Å². The molecule has 1 rings (SSSR count). The minimum Gasteiger partial charge on any atom is -0.326 e. The van der Waals surface area contributed by atoms with Gasteiger partial charge in [0.2, 0.25) is 5.91 Å². The lowest BCUT2D eigenvalue weighted by Crippen LogP contribution is -2.35. The van der Waals surface area contributed by atoms with Gasteiger partial charge >= 0.3 is 0 Å². The number of hydrogen-bond donors (Lipinski definition) is 1. The van der Waals surface area contributed by atoms with Crippen LogP contribution in [0.5, 0.6) is 0 Å². The number of hydrogen-bond acceptors (Lipinski definition) is 2. The second-order valence-corrected chi connectivity index (χ2v) is 5.23. The van der Waals surface area contributed by atoms with E-state index in [2.05, 4.69) is 0 Å². The summed E-state index contributed by atoms with van der Waals surface area (Å²) in [6.45, 7) is 5.88. The Hall–Kier alpha value is -1.35. The molecule has 0 aromatic heterocycles. The third-order valence-electron chi connectivity index (χ3n) is 2.83. The van der Waals surface area contributed by atoms with Crippen LogP contribution in [0, 0.1) is 6.92 Å². The molecule has 0 bridgehead atoms. The number of amides is 1. The number of rotatable bonds is 4. The van der Waals surface area contributed by atoms with Crippen LogP contribution in [0.25, 0.3) is 0 Å². The first kappa shape index (κ1) is 13.7. The molecule has 0 atom stereocenters. The average molecular weight is 234 g/mol. The van der Waals surface area contributed by atoms with Gasteiger partial charge in [-0.05, 0) is 38.8 Å². The van der Waals surface area contributed by atoms with Crippen LogP contribution in [0.4, 0.5) is 5.69 Å². The van der Waals surface area contributed by atoms with Crippen molar-refractivity contribution in [3.05, 3.63) is 29.8 Å². The molecular formula is C14H22N2O. The molecule has 3 heteroatoms. The van der Waals surface area contributed by atoms with E-state index >= 15 is 0 Å². The molecule has 0 unspecified atom stereocenters. The van der Waals surface area contributed by atoms with Gasteiger partial charge < -0.3 is 10.6 Å². The maximum Gasteiger partial charge on any atom is 0.226 e. The van der Waals surface area contributed by atoms with Gasteiger partial charge in [-0.2, -0.15) is 0 Å². The number of anilines is 1. The molecule has 0 spiro atoms. The number of nitrogens with zero attached hydrogens (tertiary/aromatic N) is 1. The Morgan fingerprint density at radius 2 is 1.94 bits per heavy atom. The molecule has 1 amide bonds. The number of benzene rings is 1. The summed E-state index contributed by atoms with van der Waals surface area (Å²) >= 11 is 0. The van der Waals surface area contributed by atoms with Gasteiger partial charge in [-0.25, -0.2) is 0 Å². The van der Waals surface area contributed by atoms with Crippen LogP contribution in [0.2, 0.25) is 0 Å². The molecule has 0 aliphatic carbocycles. The van der Waals surface area contributed by atoms with Crippen LogP contribution in [0.15, 0.2) is 24.3 Å². The zero-order chi connectivity index (χ0) is 13.1. The fraction of sp³-hybridized carbons (Fsp3) is 0.500. The summed E-state index contributed by atoms with van der Waals surface area (Å²) in [5.74, 6) is 0.109. The van der Waals surface area contributed by atoms with Crippen LogP contribution >= 0.6 is 0 Å². The van der Waals surface area contributed by atoms with E-state index < -0.39 is 0 Å². The zero-order valence-electron chi connectivity index (χ0n) is 11.2. The topological polar surface area (TPSA) is 46.3 Å². The third-order valence-corrected chi connectivity index (χ3v) is 2.83. The van der Waals surface area contributed by atoms with Crippen LogP contribution < -0.4 is 10.6 Å². The summed E-state index contributed by atoms with van der Waals surface area (Å²) in [6.07, 6.45) is 1.18. The first-order chi connectivity index (χ1) is 7.81. The molecule has 2 N–H and O–H groups in total. The van der Waals surface area contributed by atoms with Gasteiger partial charge in [0.25, 0.3) is 0 Å². The molecule has 0 saturated heterocycles. The van der Waals surface area contributed by atoms with Crippen molar-refractivity contribution >= 4 is 11.6 Å². The quantitative estimate of drug-likeness (QED) is 0.870. The van der Waals surface area contributed by atoms with Crippen molar-refractivity contribution in [2.45, 2.75) is 39.2 Å². The van der Waals surface area contributed by atoms with E-state index in [1.54, 1.807) is 4.90 Å². The Morgan fingerprint density at radius 3 is 2.47 bits per heavy atom. The first-order valence-electron chi connectivity index (χ1n) is 5.92. The van der Waals surface area contributed by atoms with Gasteiger partial charge in [-0.15, -0.1) is 0 Å². The molecule has 3 nitrogen and oxygen atoms in total. The second kappa shape index (κ2) is 5.32. The fourth-order valence-corrected chi connectivity index (χ4v) is 1.67. The van der Waals surface area contributed by atoms with Crippen LogP contribution in [0.3, 0.4) is 0 Å². The Labute approximate surface area is 104 Å². The van der Waals surface area contributed by atoms with Crippen molar-refractivity contribution in [3.63, 3.8) is 0 Å². The summed E-state index contributed by atoms with van der Waals surface area (Å²) in [6, 6.07) is 7.88. The SMILES string of the molecule is Cc1ccccc1N(C)C(=O)CCC(C)(C)N. The van der Waals surface area contributed by atoms with Gasteiger partial charge in [-0.3, -0.25) is 4.79 Å². The Balaban J connectivity index is 2.68. The van der Waals surface area contributed by atoms with Crippen molar-refractivity contribution in [1.82, 2.24) is 0 Å². The number of para-hydroxylation sites is 1. The lowest BCUT2D eigenvalue weighted by Gasteiger charge is -2.22. The Bertz CT molecular complexity index is 393. The largest absolute Gasteiger partial charge is 0.326 e.